The molecule has 1 aliphatic rings. The first-order valence-electron chi connectivity index (χ1n) is 8.28. The molecule has 1 saturated heterocycles. The number of hydrogen-bond acceptors (Lipinski definition) is 3. The molecule has 0 radical (unpaired) electrons. The number of nitrogens with zero attached hydrogens (tertiary/aromatic N) is 2. The molecule has 3 rings (SSSR count). The minimum Gasteiger partial charge on any atom is -0.396 e. The van der Waals surface area contributed by atoms with Gasteiger partial charge in [0.1, 0.15) is 11.6 Å². The average molecular weight is 335 g/mol. The molecule has 0 unspecified atom stereocenters. The number of aliphatic hydroxyl groups is 1. The van der Waals surface area contributed by atoms with E-state index < -0.39 is 17.0 Å². The van der Waals surface area contributed by atoms with Crippen LogP contribution in [0.3, 0.4) is 0 Å². The van der Waals surface area contributed by atoms with Crippen LogP contribution in [0.1, 0.15) is 29.8 Å². The van der Waals surface area contributed by atoms with Crippen LogP contribution in [0.15, 0.2) is 24.3 Å². The van der Waals surface area contributed by atoms with Crippen LogP contribution in [0.4, 0.5) is 8.78 Å². The number of likely N-dealkylation sites (tertiary alicyclic amines) is 1. The number of aryl methyl sites for hydroxylation is 1. The topological polar surface area (TPSA) is 52.1 Å². The van der Waals surface area contributed by atoms with Crippen molar-refractivity contribution in [2.75, 3.05) is 19.7 Å². The molecule has 24 heavy (non-hydrogen) atoms. The van der Waals surface area contributed by atoms with E-state index in [1.165, 1.54) is 12.1 Å². The Hall–Kier alpha value is -1.79. The van der Waals surface area contributed by atoms with Gasteiger partial charge in [0.25, 0.3) is 0 Å². The summed E-state index contributed by atoms with van der Waals surface area (Å²) in [4.78, 5) is 2.25. The van der Waals surface area contributed by atoms with E-state index in [-0.39, 0.29) is 6.61 Å². The Bertz CT molecular complexity index is 703. The van der Waals surface area contributed by atoms with Gasteiger partial charge in [-0.2, -0.15) is 5.10 Å². The van der Waals surface area contributed by atoms with Crippen molar-refractivity contribution in [1.29, 1.82) is 0 Å². The SMILES string of the molecule is Cc1cc(CN2CCC[C@](CO)(Cc3ccc(F)cc3F)C2)n[nH]1. The summed E-state index contributed by atoms with van der Waals surface area (Å²) in [5.41, 5.74) is 2.04. The van der Waals surface area contributed by atoms with Gasteiger partial charge in [-0.3, -0.25) is 10.00 Å². The van der Waals surface area contributed by atoms with Crippen molar-refractivity contribution in [3.63, 3.8) is 0 Å². The Balaban J connectivity index is 1.73. The molecular weight excluding hydrogens is 312 g/mol. The van der Waals surface area contributed by atoms with Crippen LogP contribution in [0.25, 0.3) is 0 Å². The summed E-state index contributed by atoms with van der Waals surface area (Å²) in [6.45, 7) is 4.26. The summed E-state index contributed by atoms with van der Waals surface area (Å²) in [6.07, 6.45) is 2.18. The van der Waals surface area contributed by atoms with Crippen LogP contribution in [0.5, 0.6) is 0 Å². The lowest BCUT2D eigenvalue weighted by Crippen LogP contribution is -2.46. The van der Waals surface area contributed by atoms with Gasteiger partial charge in [-0.1, -0.05) is 6.07 Å². The molecule has 1 aromatic carbocycles. The van der Waals surface area contributed by atoms with E-state index in [9.17, 15) is 13.9 Å². The van der Waals surface area contributed by atoms with Gasteiger partial charge >= 0.3 is 0 Å². The van der Waals surface area contributed by atoms with Gasteiger partial charge in [-0.05, 0) is 50.4 Å². The first-order valence-corrected chi connectivity index (χ1v) is 8.28. The minimum absolute atomic E-state index is 0.0140. The smallest absolute Gasteiger partial charge is 0.129 e. The first kappa shape index (κ1) is 17.0. The van der Waals surface area contributed by atoms with Crippen LogP contribution in [0, 0.1) is 24.0 Å². The highest BCUT2D eigenvalue weighted by Gasteiger charge is 2.36. The third kappa shape index (κ3) is 3.82. The van der Waals surface area contributed by atoms with Gasteiger partial charge in [-0.25, -0.2) is 8.78 Å². The fourth-order valence-electron chi connectivity index (χ4n) is 3.63. The number of benzene rings is 1. The molecule has 0 spiro atoms. The second kappa shape index (κ2) is 6.99. The van der Waals surface area contributed by atoms with Crippen molar-refractivity contribution < 1.29 is 13.9 Å². The van der Waals surface area contributed by atoms with Crippen molar-refractivity contribution in [3.05, 3.63) is 52.9 Å². The molecule has 6 heteroatoms. The van der Waals surface area contributed by atoms with Crippen LogP contribution in [-0.4, -0.2) is 39.9 Å². The van der Waals surface area contributed by atoms with E-state index in [2.05, 4.69) is 15.1 Å². The number of rotatable bonds is 5. The van der Waals surface area contributed by atoms with E-state index in [4.69, 9.17) is 0 Å². The van der Waals surface area contributed by atoms with E-state index in [0.29, 0.717) is 25.1 Å². The normalized spacial score (nSPS) is 22.0. The molecule has 2 aromatic rings. The lowest BCUT2D eigenvalue weighted by Gasteiger charge is -2.42. The molecule has 1 fully saturated rings. The summed E-state index contributed by atoms with van der Waals surface area (Å²) in [5.74, 6) is -1.11. The van der Waals surface area contributed by atoms with Crippen molar-refractivity contribution in [2.45, 2.75) is 32.7 Å². The van der Waals surface area contributed by atoms with Gasteiger partial charge in [-0.15, -0.1) is 0 Å². The minimum atomic E-state index is -0.575. The molecule has 0 bridgehead atoms. The summed E-state index contributed by atoms with van der Waals surface area (Å²) < 4.78 is 27.1. The standard InChI is InChI=1S/C18H23F2N3O/c1-13-7-16(22-21-13)10-23-6-2-5-18(11-23,12-24)9-14-3-4-15(19)8-17(14)20/h3-4,7-8,24H,2,5-6,9-12H2,1H3,(H,21,22)/t18-/m0/s1. The largest absolute Gasteiger partial charge is 0.396 e. The van der Waals surface area contributed by atoms with E-state index in [1.54, 1.807) is 0 Å². The predicted octanol–water partition coefficient (Wildman–Crippen LogP) is 2.81. The Morgan fingerprint density at radius 1 is 1.33 bits per heavy atom. The quantitative estimate of drug-likeness (QED) is 0.883. The van der Waals surface area contributed by atoms with E-state index >= 15 is 0 Å². The summed E-state index contributed by atoms with van der Waals surface area (Å²) in [5, 5.41) is 17.2. The molecule has 0 saturated carbocycles. The lowest BCUT2D eigenvalue weighted by molar-refractivity contribution is 0.0277. The maximum absolute atomic E-state index is 14.0. The van der Waals surface area contributed by atoms with Crippen LogP contribution < -0.4 is 0 Å². The van der Waals surface area contributed by atoms with Gasteiger partial charge in [0.15, 0.2) is 0 Å². The lowest BCUT2D eigenvalue weighted by atomic mass is 9.75. The van der Waals surface area contributed by atoms with Gasteiger partial charge in [0.05, 0.1) is 12.3 Å². The van der Waals surface area contributed by atoms with Crippen LogP contribution in [0.2, 0.25) is 0 Å². The third-order valence-electron chi connectivity index (χ3n) is 4.80. The zero-order valence-electron chi connectivity index (χ0n) is 13.9. The highest BCUT2D eigenvalue weighted by molar-refractivity contribution is 5.20. The van der Waals surface area contributed by atoms with Crippen LogP contribution >= 0.6 is 0 Å². The number of hydrogen-bond donors (Lipinski definition) is 2. The second-order valence-corrected chi connectivity index (χ2v) is 6.93. The molecular formula is C18H23F2N3O. The average Bonchev–Trinajstić information content (AvgIpc) is 2.95. The number of nitrogens with one attached hydrogen (secondary N) is 1. The summed E-state index contributed by atoms with van der Waals surface area (Å²) in [6, 6.07) is 5.68. The van der Waals surface area contributed by atoms with E-state index in [1.807, 2.05) is 13.0 Å². The molecule has 1 aromatic heterocycles. The number of aliphatic hydroxyl groups excluding tert-OH is 1. The molecule has 130 valence electrons. The van der Waals surface area contributed by atoms with Crippen LogP contribution in [-0.2, 0) is 13.0 Å². The van der Waals surface area contributed by atoms with Gasteiger partial charge in [0, 0.05) is 30.3 Å². The molecule has 1 aliphatic heterocycles. The Labute approximate surface area is 140 Å². The number of piperidine rings is 1. The maximum Gasteiger partial charge on any atom is 0.129 e. The number of H-pyrrole nitrogens is 1. The maximum atomic E-state index is 14.0. The predicted molar refractivity (Wildman–Crippen MR) is 87.4 cm³/mol. The second-order valence-electron chi connectivity index (χ2n) is 6.93. The van der Waals surface area contributed by atoms with Gasteiger partial charge in [0.2, 0.25) is 0 Å². The highest BCUT2D eigenvalue weighted by Crippen LogP contribution is 2.34. The summed E-state index contributed by atoms with van der Waals surface area (Å²) >= 11 is 0. The zero-order valence-corrected chi connectivity index (χ0v) is 13.9. The fraction of sp³-hybridized carbons (Fsp3) is 0.500. The molecule has 1 atom stereocenters. The Kier molecular flexibility index (Phi) is 4.96. The molecule has 4 nitrogen and oxygen atoms in total. The third-order valence-corrected chi connectivity index (χ3v) is 4.80. The molecule has 2 heterocycles. The number of aromatic amines is 1. The fourth-order valence-corrected chi connectivity index (χ4v) is 3.63. The van der Waals surface area contributed by atoms with Crippen molar-refractivity contribution >= 4 is 0 Å². The van der Waals surface area contributed by atoms with Crippen molar-refractivity contribution in [1.82, 2.24) is 15.1 Å². The number of halogens is 2. The Morgan fingerprint density at radius 3 is 2.83 bits per heavy atom. The molecule has 2 N–H and O–H groups in total. The Morgan fingerprint density at radius 2 is 2.17 bits per heavy atom. The monoisotopic (exact) mass is 335 g/mol. The van der Waals surface area contributed by atoms with Crippen molar-refractivity contribution in [2.24, 2.45) is 5.41 Å². The molecule has 0 aliphatic carbocycles. The zero-order chi connectivity index (χ0) is 17.2. The number of aromatic nitrogens is 2. The molecule has 0 amide bonds. The highest BCUT2D eigenvalue weighted by atomic mass is 19.1. The first-order chi connectivity index (χ1) is 11.5. The van der Waals surface area contributed by atoms with Gasteiger partial charge < -0.3 is 5.11 Å². The van der Waals surface area contributed by atoms with Crippen molar-refractivity contribution in [3.8, 4) is 0 Å². The summed E-state index contributed by atoms with van der Waals surface area (Å²) in [7, 11) is 0. The van der Waals surface area contributed by atoms with E-state index in [0.717, 1.165) is 36.8 Å².